The lowest BCUT2D eigenvalue weighted by atomic mass is 9.87. The van der Waals surface area contributed by atoms with Crippen LogP contribution in [0.2, 0.25) is 0 Å². The highest BCUT2D eigenvalue weighted by atomic mass is 16.5. The molecule has 0 aliphatic carbocycles. The van der Waals surface area contributed by atoms with Crippen LogP contribution in [0.4, 0.5) is 0 Å². The summed E-state index contributed by atoms with van der Waals surface area (Å²) in [5.41, 5.74) is -1.32. The molecular weight excluding hydrogens is 200 g/mol. The summed E-state index contributed by atoms with van der Waals surface area (Å²) in [7, 11) is 3.93. The van der Waals surface area contributed by atoms with Crippen molar-refractivity contribution < 1.29 is 23.8 Å². The van der Waals surface area contributed by atoms with Gasteiger partial charge in [0.05, 0.1) is 27.6 Å². The number of carbonyl (C=O) groups is 2. The highest BCUT2D eigenvalue weighted by Crippen LogP contribution is 2.25. The monoisotopic (exact) mass is 216 g/mol. The summed E-state index contributed by atoms with van der Waals surface area (Å²) in [6, 6.07) is 0. The number of rotatable bonds is 5. The Bertz CT molecular complexity index is 241. The van der Waals surface area contributed by atoms with E-state index < -0.39 is 17.4 Å². The van der Waals surface area contributed by atoms with Gasteiger partial charge in [-0.1, -0.05) is 0 Å². The Kier molecular flexibility index (Phi) is 5.44. The number of hydrogen-bond donors (Lipinski definition) is 0. The van der Waals surface area contributed by atoms with E-state index in [4.69, 9.17) is 0 Å². The number of allylic oxidation sites excluding steroid dienone is 1. The normalized spacial score (nSPS) is 11.2. The molecule has 0 spiro atoms. The molecule has 0 aromatic carbocycles. The van der Waals surface area contributed by atoms with Crippen molar-refractivity contribution in [2.24, 2.45) is 5.41 Å². The molecule has 0 aromatic heterocycles. The van der Waals surface area contributed by atoms with Gasteiger partial charge in [0.25, 0.3) is 0 Å². The fraction of sp³-hybridized carbons (Fsp3) is 0.600. The van der Waals surface area contributed by atoms with Crippen LogP contribution in [0.3, 0.4) is 0 Å². The van der Waals surface area contributed by atoms with Gasteiger partial charge in [-0.2, -0.15) is 0 Å². The van der Waals surface area contributed by atoms with E-state index in [1.54, 1.807) is 6.08 Å². The fourth-order valence-corrected chi connectivity index (χ4v) is 1.08. The lowest BCUT2D eigenvalue weighted by Gasteiger charge is -2.21. The predicted octanol–water partition coefficient (Wildman–Crippen LogP) is 0.889. The Morgan fingerprint density at radius 2 is 1.60 bits per heavy atom. The van der Waals surface area contributed by atoms with E-state index in [0.29, 0.717) is 0 Å². The summed E-state index contributed by atoms with van der Waals surface area (Å²) in [4.78, 5) is 22.9. The van der Waals surface area contributed by atoms with Crippen LogP contribution in [0.1, 0.15) is 13.3 Å². The Balaban J connectivity index is 4.77. The van der Waals surface area contributed by atoms with E-state index in [-0.39, 0.29) is 6.42 Å². The molecule has 0 aromatic rings. The fourth-order valence-electron chi connectivity index (χ4n) is 1.08. The highest BCUT2D eigenvalue weighted by molar-refractivity contribution is 5.99. The van der Waals surface area contributed by atoms with Gasteiger partial charge in [-0.3, -0.25) is 9.59 Å². The number of hydrogen-bond acceptors (Lipinski definition) is 5. The van der Waals surface area contributed by atoms with Crippen molar-refractivity contribution in [2.45, 2.75) is 13.3 Å². The molecule has 0 atom stereocenters. The first-order chi connectivity index (χ1) is 7.02. The molecule has 0 rings (SSSR count). The minimum atomic E-state index is -1.32. The third-order valence-corrected chi connectivity index (χ3v) is 2.03. The zero-order valence-electron chi connectivity index (χ0n) is 9.40. The van der Waals surface area contributed by atoms with E-state index in [2.05, 4.69) is 14.2 Å². The Morgan fingerprint density at radius 1 is 1.13 bits per heavy atom. The smallest absolute Gasteiger partial charge is 0.323 e. The molecule has 0 amide bonds. The van der Waals surface area contributed by atoms with Crippen molar-refractivity contribution in [2.75, 3.05) is 21.3 Å². The van der Waals surface area contributed by atoms with Crippen LogP contribution in [0, 0.1) is 5.41 Å². The van der Waals surface area contributed by atoms with Crippen LogP contribution >= 0.6 is 0 Å². The van der Waals surface area contributed by atoms with Crippen molar-refractivity contribution in [3.63, 3.8) is 0 Å². The number of esters is 2. The van der Waals surface area contributed by atoms with Gasteiger partial charge in [0.2, 0.25) is 0 Å². The second kappa shape index (κ2) is 6.06. The SMILES string of the molecule is CO/C=C/CC(C)(C(=O)OC)C(=O)OC. The second-order valence-electron chi connectivity index (χ2n) is 3.13. The van der Waals surface area contributed by atoms with Gasteiger partial charge < -0.3 is 14.2 Å². The maximum Gasteiger partial charge on any atom is 0.323 e. The molecule has 0 radical (unpaired) electrons. The lowest BCUT2D eigenvalue weighted by molar-refractivity contribution is -0.167. The molecule has 0 heterocycles. The molecule has 0 bridgehead atoms. The van der Waals surface area contributed by atoms with Crippen molar-refractivity contribution >= 4 is 11.9 Å². The van der Waals surface area contributed by atoms with Gasteiger partial charge in [-0.25, -0.2) is 0 Å². The molecule has 0 saturated carbocycles. The van der Waals surface area contributed by atoms with Crippen molar-refractivity contribution in [3.8, 4) is 0 Å². The molecule has 5 heteroatoms. The van der Waals surface area contributed by atoms with Gasteiger partial charge in [0, 0.05) is 0 Å². The molecule has 0 fully saturated rings. The summed E-state index contributed by atoms with van der Waals surface area (Å²) in [5.74, 6) is -1.26. The van der Waals surface area contributed by atoms with Crippen molar-refractivity contribution in [3.05, 3.63) is 12.3 Å². The summed E-state index contributed by atoms with van der Waals surface area (Å²) in [5, 5.41) is 0. The number of ether oxygens (including phenoxy) is 3. The number of methoxy groups -OCH3 is 3. The zero-order valence-corrected chi connectivity index (χ0v) is 9.40. The standard InChI is InChI=1S/C10H16O5/c1-10(8(11)14-3,9(12)15-4)6-5-7-13-2/h5,7H,6H2,1-4H3/b7-5+. The lowest BCUT2D eigenvalue weighted by Crippen LogP contribution is -2.38. The van der Waals surface area contributed by atoms with Crippen LogP contribution < -0.4 is 0 Å². The average molecular weight is 216 g/mol. The van der Waals surface area contributed by atoms with E-state index in [0.717, 1.165) is 0 Å². The predicted molar refractivity (Wildman–Crippen MR) is 52.9 cm³/mol. The first kappa shape index (κ1) is 13.5. The molecule has 0 aliphatic heterocycles. The topological polar surface area (TPSA) is 61.8 Å². The second-order valence-corrected chi connectivity index (χ2v) is 3.13. The molecule has 5 nitrogen and oxygen atoms in total. The third kappa shape index (κ3) is 3.27. The first-order valence-corrected chi connectivity index (χ1v) is 4.37. The van der Waals surface area contributed by atoms with E-state index in [9.17, 15) is 9.59 Å². The summed E-state index contributed by atoms with van der Waals surface area (Å²) in [6.07, 6.45) is 3.12. The quantitative estimate of drug-likeness (QED) is 0.388. The summed E-state index contributed by atoms with van der Waals surface area (Å²) in [6.45, 7) is 1.46. The van der Waals surface area contributed by atoms with Gasteiger partial charge in [-0.05, 0) is 19.4 Å². The minimum Gasteiger partial charge on any atom is -0.505 e. The van der Waals surface area contributed by atoms with E-state index in [1.165, 1.54) is 34.5 Å². The number of carbonyl (C=O) groups excluding carboxylic acids is 2. The molecule has 0 saturated heterocycles. The van der Waals surface area contributed by atoms with Gasteiger partial charge in [-0.15, -0.1) is 0 Å². The molecule has 0 aliphatic rings. The molecule has 0 N–H and O–H groups in total. The molecular formula is C10H16O5. The van der Waals surface area contributed by atoms with Crippen LogP contribution in [-0.4, -0.2) is 33.3 Å². The van der Waals surface area contributed by atoms with E-state index >= 15 is 0 Å². The van der Waals surface area contributed by atoms with Crippen LogP contribution in [-0.2, 0) is 23.8 Å². The third-order valence-electron chi connectivity index (χ3n) is 2.03. The Hall–Kier alpha value is -1.52. The Labute approximate surface area is 89.0 Å². The average Bonchev–Trinajstić information content (AvgIpc) is 2.26. The van der Waals surface area contributed by atoms with E-state index in [1.807, 2.05) is 0 Å². The largest absolute Gasteiger partial charge is 0.505 e. The van der Waals surface area contributed by atoms with Crippen LogP contribution in [0.25, 0.3) is 0 Å². The molecule has 15 heavy (non-hydrogen) atoms. The molecule has 0 unspecified atom stereocenters. The molecule has 86 valence electrons. The summed E-state index contributed by atoms with van der Waals surface area (Å²) >= 11 is 0. The van der Waals surface area contributed by atoms with Gasteiger partial charge in [0.15, 0.2) is 5.41 Å². The van der Waals surface area contributed by atoms with Crippen molar-refractivity contribution in [1.29, 1.82) is 0 Å². The van der Waals surface area contributed by atoms with Gasteiger partial charge >= 0.3 is 11.9 Å². The highest BCUT2D eigenvalue weighted by Gasteiger charge is 2.42. The van der Waals surface area contributed by atoms with Crippen LogP contribution in [0.15, 0.2) is 12.3 Å². The summed E-state index contributed by atoms with van der Waals surface area (Å²) < 4.78 is 13.8. The maximum atomic E-state index is 11.4. The maximum absolute atomic E-state index is 11.4. The van der Waals surface area contributed by atoms with Crippen molar-refractivity contribution in [1.82, 2.24) is 0 Å². The first-order valence-electron chi connectivity index (χ1n) is 4.37. The van der Waals surface area contributed by atoms with Gasteiger partial charge in [0.1, 0.15) is 0 Å². The zero-order chi connectivity index (χ0) is 11.9. The minimum absolute atomic E-state index is 0.167. The van der Waals surface area contributed by atoms with Crippen LogP contribution in [0.5, 0.6) is 0 Å². The Morgan fingerprint density at radius 3 is 1.93 bits per heavy atom.